The highest BCUT2D eigenvalue weighted by atomic mass is 35.5. The number of hydrogen-bond acceptors (Lipinski definition) is 4. The third kappa shape index (κ3) is 3.33. The summed E-state index contributed by atoms with van der Waals surface area (Å²) >= 11 is 5.68. The van der Waals surface area contributed by atoms with E-state index in [-0.39, 0.29) is 16.4 Å². The summed E-state index contributed by atoms with van der Waals surface area (Å²) in [5, 5.41) is 22.8. The van der Waals surface area contributed by atoms with Crippen molar-refractivity contribution in [2.45, 2.75) is 19.9 Å². The molecule has 0 aromatic heterocycles. The van der Waals surface area contributed by atoms with Crippen LogP contribution in [0.4, 0.5) is 11.4 Å². The van der Waals surface area contributed by atoms with Crippen LogP contribution < -0.4 is 5.32 Å². The minimum Gasteiger partial charge on any atom is -0.481 e. The number of carboxylic acids is 1. The van der Waals surface area contributed by atoms with Gasteiger partial charge in [0.05, 0.1) is 10.8 Å². The second-order valence-electron chi connectivity index (χ2n) is 3.98. The Bertz CT molecular complexity index is 478. The number of nitro groups is 1. The number of hydrogen-bond donors (Lipinski definition) is 2. The number of anilines is 1. The number of halogens is 1. The lowest BCUT2D eigenvalue weighted by molar-refractivity contribution is -0.384. The van der Waals surface area contributed by atoms with Crippen molar-refractivity contribution in [2.24, 2.45) is 5.92 Å². The van der Waals surface area contributed by atoms with Crippen molar-refractivity contribution in [2.75, 3.05) is 5.32 Å². The van der Waals surface area contributed by atoms with E-state index in [2.05, 4.69) is 5.32 Å². The number of nitro benzene ring substituents is 1. The second-order valence-corrected chi connectivity index (χ2v) is 4.41. The van der Waals surface area contributed by atoms with Gasteiger partial charge in [-0.1, -0.05) is 11.6 Å². The van der Waals surface area contributed by atoms with Gasteiger partial charge in [-0.25, -0.2) is 0 Å². The molecule has 0 radical (unpaired) electrons. The fourth-order valence-corrected chi connectivity index (χ4v) is 1.53. The minimum atomic E-state index is -0.966. The first-order valence-electron chi connectivity index (χ1n) is 5.26. The molecular weight excluding hydrogens is 260 g/mol. The first kappa shape index (κ1) is 14.2. The number of benzene rings is 1. The SMILES string of the molecule is CC(Nc1ccc(Cl)cc1[N+](=O)[O-])C(C)C(=O)O. The molecule has 0 bridgehead atoms. The molecule has 1 aromatic rings. The lowest BCUT2D eigenvalue weighted by Gasteiger charge is -2.18. The normalized spacial score (nSPS) is 13.7. The lowest BCUT2D eigenvalue weighted by atomic mass is 10.0. The smallest absolute Gasteiger partial charge is 0.308 e. The average Bonchev–Trinajstić information content (AvgIpc) is 2.29. The highest BCUT2D eigenvalue weighted by Gasteiger charge is 2.22. The van der Waals surface area contributed by atoms with E-state index in [1.165, 1.54) is 25.1 Å². The Morgan fingerprint density at radius 1 is 1.50 bits per heavy atom. The van der Waals surface area contributed by atoms with Crippen LogP contribution in [0.3, 0.4) is 0 Å². The maximum Gasteiger partial charge on any atom is 0.308 e. The minimum absolute atomic E-state index is 0.174. The number of nitrogens with zero attached hydrogens (tertiary/aromatic N) is 1. The van der Waals surface area contributed by atoms with E-state index in [9.17, 15) is 14.9 Å². The zero-order chi connectivity index (χ0) is 13.9. The van der Waals surface area contributed by atoms with E-state index in [0.717, 1.165) is 0 Å². The summed E-state index contributed by atoms with van der Waals surface area (Å²) in [5.41, 5.74) is 0.0805. The second kappa shape index (κ2) is 5.68. The molecule has 2 unspecified atom stereocenters. The summed E-state index contributed by atoms with van der Waals surface area (Å²) in [6.07, 6.45) is 0. The van der Waals surface area contributed by atoms with E-state index in [1.807, 2.05) is 0 Å². The van der Waals surface area contributed by atoms with Crippen molar-refractivity contribution in [1.82, 2.24) is 0 Å². The predicted octanol–water partition coefficient (Wildman–Crippen LogP) is 2.77. The van der Waals surface area contributed by atoms with E-state index < -0.39 is 22.9 Å². The number of nitrogens with one attached hydrogen (secondary N) is 1. The molecule has 18 heavy (non-hydrogen) atoms. The van der Waals surface area contributed by atoms with Crippen LogP contribution in [0.5, 0.6) is 0 Å². The van der Waals surface area contributed by atoms with E-state index >= 15 is 0 Å². The van der Waals surface area contributed by atoms with Crippen molar-refractivity contribution < 1.29 is 14.8 Å². The molecule has 0 aliphatic heterocycles. The lowest BCUT2D eigenvalue weighted by Crippen LogP contribution is -2.29. The number of carbonyl (C=O) groups is 1. The van der Waals surface area contributed by atoms with Crippen LogP contribution in [-0.4, -0.2) is 22.0 Å². The van der Waals surface area contributed by atoms with Crippen LogP contribution in [0, 0.1) is 16.0 Å². The Balaban J connectivity index is 2.97. The first-order valence-corrected chi connectivity index (χ1v) is 5.64. The third-order valence-corrected chi connectivity index (χ3v) is 2.91. The molecule has 1 rings (SSSR count). The van der Waals surface area contributed by atoms with Gasteiger partial charge in [0.15, 0.2) is 0 Å². The Morgan fingerprint density at radius 2 is 2.11 bits per heavy atom. The van der Waals surface area contributed by atoms with Gasteiger partial charge in [-0.05, 0) is 26.0 Å². The Morgan fingerprint density at radius 3 is 2.61 bits per heavy atom. The van der Waals surface area contributed by atoms with Crippen molar-refractivity contribution in [1.29, 1.82) is 0 Å². The molecule has 0 amide bonds. The fraction of sp³-hybridized carbons (Fsp3) is 0.364. The molecule has 0 aliphatic carbocycles. The molecule has 0 saturated heterocycles. The Hall–Kier alpha value is -1.82. The van der Waals surface area contributed by atoms with Gasteiger partial charge in [0, 0.05) is 17.1 Å². The Kier molecular flexibility index (Phi) is 4.49. The van der Waals surface area contributed by atoms with Gasteiger partial charge in [0.1, 0.15) is 5.69 Å². The van der Waals surface area contributed by atoms with Crippen molar-refractivity contribution in [3.05, 3.63) is 33.3 Å². The fourth-order valence-electron chi connectivity index (χ4n) is 1.36. The van der Waals surface area contributed by atoms with Crippen molar-refractivity contribution in [3.63, 3.8) is 0 Å². The molecule has 0 fully saturated rings. The van der Waals surface area contributed by atoms with Crippen LogP contribution in [0.15, 0.2) is 18.2 Å². The summed E-state index contributed by atoms with van der Waals surface area (Å²) in [5.74, 6) is -1.63. The zero-order valence-electron chi connectivity index (χ0n) is 9.88. The van der Waals surface area contributed by atoms with Crippen LogP contribution >= 0.6 is 11.6 Å². The molecule has 2 atom stereocenters. The zero-order valence-corrected chi connectivity index (χ0v) is 10.6. The third-order valence-electron chi connectivity index (χ3n) is 2.68. The van der Waals surface area contributed by atoms with Gasteiger partial charge >= 0.3 is 5.97 Å². The summed E-state index contributed by atoms with van der Waals surface area (Å²) in [7, 11) is 0. The maximum absolute atomic E-state index is 10.8. The average molecular weight is 273 g/mol. The predicted molar refractivity (Wildman–Crippen MR) is 68.0 cm³/mol. The van der Waals surface area contributed by atoms with Crippen molar-refractivity contribution in [3.8, 4) is 0 Å². The quantitative estimate of drug-likeness (QED) is 0.635. The molecule has 7 heteroatoms. The van der Waals surface area contributed by atoms with Gasteiger partial charge in [0.25, 0.3) is 5.69 Å². The van der Waals surface area contributed by atoms with E-state index in [4.69, 9.17) is 16.7 Å². The van der Waals surface area contributed by atoms with Gasteiger partial charge in [-0.15, -0.1) is 0 Å². The molecule has 0 aliphatic rings. The van der Waals surface area contributed by atoms with Crippen LogP contribution in [0.1, 0.15) is 13.8 Å². The molecule has 0 saturated carbocycles. The van der Waals surface area contributed by atoms with Crippen LogP contribution in [0.25, 0.3) is 0 Å². The van der Waals surface area contributed by atoms with Gasteiger partial charge in [-0.2, -0.15) is 0 Å². The Labute approximate surface area is 109 Å². The van der Waals surface area contributed by atoms with Gasteiger partial charge in [0.2, 0.25) is 0 Å². The molecule has 0 spiro atoms. The van der Waals surface area contributed by atoms with Crippen molar-refractivity contribution >= 4 is 28.9 Å². The highest BCUT2D eigenvalue weighted by Crippen LogP contribution is 2.28. The molecule has 6 nitrogen and oxygen atoms in total. The molecule has 98 valence electrons. The van der Waals surface area contributed by atoms with Gasteiger partial charge < -0.3 is 10.4 Å². The number of rotatable bonds is 5. The maximum atomic E-state index is 10.8. The van der Waals surface area contributed by atoms with Crippen LogP contribution in [-0.2, 0) is 4.79 Å². The van der Waals surface area contributed by atoms with E-state index in [0.29, 0.717) is 0 Å². The molecular formula is C11H13ClN2O4. The largest absolute Gasteiger partial charge is 0.481 e. The monoisotopic (exact) mass is 272 g/mol. The molecule has 2 N–H and O–H groups in total. The number of carboxylic acid groups (broad SMARTS) is 1. The summed E-state index contributed by atoms with van der Waals surface area (Å²) in [6, 6.07) is 3.75. The van der Waals surface area contributed by atoms with Gasteiger partial charge in [-0.3, -0.25) is 14.9 Å². The van der Waals surface area contributed by atoms with E-state index in [1.54, 1.807) is 6.92 Å². The summed E-state index contributed by atoms with van der Waals surface area (Å²) in [6.45, 7) is 3.18. The molecule has 0 heterocycles. The molecule has 1 aromatic carbocycles. The summed E-state index contributed by atoms with van der Waals surface area (Å²) in [4.78, 5) is 21.1. The highest BCUT2D eigenvalue weighted by molar-refractivity contribution is 6.30. The topological polar surface area (TPSA) is 92.5 Å². The standard InChI is InChI=1S/C11H13ClN2O4/c1-6(11(15)16)7(2)13-9-4-3-8(12)5-10(9)14(17)18/h3-7,13H,1-2H3,(H,15,16). The summed E-state index contributed by atoms with van der Waals surface area (Å²) < 4.78 is 0. The first-order chi connectivity index (χ1) is 8.32. The van der Waals surface area contributed by atoms with Crippen LogP contribution in [0.2, 0.25) is 5.02 Å². The number of aliphatic carboxylic acids is 1.